The van der Waals surface area contributed by atoms with Gasteiger partial charge in [0.05, 0.1) is 16.0 Å². The third-order valence-electron chi connectivity index (χ3n) is 5.00. The first-order valence-electron chi connectivity index (χ1n) is 9.74. The molecule has 30 heavy (non-hydrogen) atoms. The summed E-state index contributed by atoms with van der Waals surface area (Å²) in [4.78, 5) is 12.2. The molecule has 1 aliphatic carbocycles. The quantitative estimate of drug-likeness (QED) is 0.632. The van der Waals surface area contributed by atoms with Crippen molar-refractivity contribution in [3.05, 3.63) is 58.9 Å². The van der Waals surface area contributed by atoms with Crippen molar-refractivity contribution in [2.75, 3.05) is 6.61 Å². The number of hydrogen-bond donors (Lipinski definition) is 2. The zero-order chi connectivity index (χ0) is 21.7. The minimum Gasteiger partial charge on any atom is -0.482 e. The monoisotopic (exact) mass is 454 g/mol. The molecule has 1 atom stereocenters. The number of carbonyl (C=O) groups excluding carboxylic acids is 1. The highest BCUT2D eigenvalue weighted by Crippen LogP contribution is 2.28. The fraction of sp³-hybridized carbons (Fsp3) is 0.381. The number of benzene rings is 2. The fourth-order valence-electron chi connectivity index (χ4n) is 3.36. The van der Waals surface area contributed by atoms with Crippen LogP contribution in [0.3, 0.4) is 0 Å². The van der Waals surface area contributed by atoms with E-state index in [0.717, 1.165) is 31.2 Å². The number of hydrogen-bond acceptors (Lipinski definition) is 4. The molecule has 0 bridgehead atoms. The molecule has 6 nitrogen and oxygen atoms in total. The lowest BCUT2D eigenvalue weighted by Crippen LogP contribution is -2.32. The Balaban J connectivity index is 1.56. The smallest absolute Gasteiger partial charge is 0.258 e. The highest BCUT2D eigenvalue weighted by molar-refractivity contribution is 7.89. The van der Waals surface area contributed by atoms with Crippen LogP contribution in [0.4, 0.5) is 4.39 Å². The summed E-state index contributed by atoms with van der Waals surface area (Å²) in [6.07, 6.45) is 3.70. The van der Waals surface area contributed by atoms with E-state index in [0.29, 0.717) is 0 Å². The van der Waals surface area contributed by atoms with E-state index >= 15 is 0 Å². The number of nitrogens with one attached hydrogen (secondary N) is 2. The lowest BCUT2D eigenvalue weighted by Gasteiger charge is -2.16. The van der Waals surface area contributed by atoms with Crippen molar-refractivity contribution in [3.8, 4) is 5.75 Å². The maximum atomic E-state index is 13.0. The first-order valence-corrected chi connectivity index (χ1v) is 11.6. The van der Waals surface area contributed by atoms with E-state index in [4.69, 9.17) is 16.3 Å². The summed E-state index contributed by atoms with van der Waals surface area (Å²) < 4.78 is 46.1. The molecule has 0 heterocycles. The lowest BCUT2D eigenvalue weighted by atomic mass is 10.1. The second-order valence-electron chi connectivity index (χ2n) is 7.32. The highest BCUT2D eigenvalue weighted by Gasteiger charge is 2.23. The van der Waals surface area contributed by atoms with Gasteiger partial charge in [0.1, 0.15) is 11.6 Å². The number of rotatable bonds is 8. The van der Waals surface area contributed by atoms with E-state index in [1.54, 1.807) is 19.1 Å². The summed E-state index contributed by atoms with van der Waals surface area (Å²) in [5, 5.41) is 2.85. The molecule has 9 heteroatoms. The summed E-state index contributed by atoms with van der Waals surface area (Å²) in [7, 11) is -3.66. The van der Waals surface area contributed by atoms with Gasteiger partial charge >= 0.3 is 0 Å². The molecule has 0 aromatic heterocycles. The zero-order valence-electron chi connectivity index (χ0n) is 16.5. The van der Waals surface area contributed by atoms with E-state index in [9.17, 15) is 17.6 Å². The molecule has 3 rings (SSSR count). The Labute approximate surface area is 180 Å². The molecule has 2 aromatic rings. The van der Waals surface area contributed by atoms with Crippen molar-refractivity contribution >= 4 is 27.5 Å². The summed E-state index contributed by atoms with van der Waals surface area (Å²) in [6, 6.07) is 9.61. The van der Waals surface area contributed by atoms with E-state index in [1.807, 2.05) is 0 Å². The molecular weight excluding hydrogens is 431 g/mol. The van der Waals surface area contributed by atoms with E-state index in [-0.39, 0.29) is 46.1 Å². The van der Waals surface area contributed by atoms with Gasteiger partial charge in [-0.2, -0.15) is 0 Å². The maximum Gasteiger partial charge on any atom is 0.258 e. The van der Waals surface area contributed by atoms with Gasteiger partial charge in [-0.15, -0.1) is 0 Å². The van der Waals surface area contributed by atoms with Gasteiger partial charge in [-0.25, -0.2) is 17.5 Å². The van der Waals surface area contributed by atoms with Gasteiger partial charge < -0.3 is 10.1 Å². The molecule has 0 radical (unpaired) electrons. The largest absolute Gasteiger partial charge is 0.482 e. The Morgan fingerprint density at radius 2 is 1.87 bits per heavy atom. The van der Waals surface area contributed by atoms with E-state index in [2.05, 4.69) is 10.0 Å². The predicted octanol–water partition coefficient (Wildman–Crippen LogP) is 3.96. The van der Waals surface area contributed by atoms with E-state index < -0.39 is 10.0 Å². The molecule has 1 fully saturated rings. The molecule has 1 amide bonds. The van der Waals surface area contributed by atoms with Crippen LogP contribution in [0.1, 0.15) is 44.2 Å². The molecule has 2 N–H and O–H groups in total. The second kappa shape index (κ2) is 9.76. The summed E-state index contributed by atoms with van der Waals surface area (Å²) >= 11 is 6.17. The third kappa shape index (κ3) is 5.93. The normalized spacial score (nSPS) is 15.7. The highest BCUT2D eigenvalue weighted by atomic mass is 35.5. The van der Waals surface area contributed by atoms with Crippen molar-refractivity contribution in [1.29, 1.82) is 0 Å². The summed E-state index contributed by atoms with van der Waals surface area (Å²) in [6.45, 7) is 1.48. The van der Waals surface area contributed by atoms with Crippen LogP contribution >= 0.6 is 11.6 Å². The predicted molar refractivity (Wildman–Crippen MR) is 112 cm³/mol. The Morgan fingerprint density at radius 1 is 1.20 bits per heavy atom. The van der Waals surface area contributed by atoms with Crippen molar-refractivity contribution in [2.45, 2.75) is 49.6 Å². The lowest BCUT2D eigenvalue weighted by molar-refractivity contribution is -0.123. The van der Waals surface area contributed by atoms with Crippen LogP contribution in [0.5, 0.6) is 5.75 Å². The average molecular weight is 455 g/mol. The number of amides is 1. The van der Waals surface area contributed by atoms with Crippen LogP contribution in [0.2, 0.25) is 5.02 Å². The van der Waals surface area contributed by atoms with Crippen molar-refractivity contribution in [2.24, 2.45) is 0 Å². The minimum absolute atomic E-state index is 0.0449. The van der Waals surface area contributed by atoms with E-state index in [1.165, 1.54) is 30.3 Å². The van der Waals surface area contributed by atoms with Crippen LogP contribution < -0.4 is 14.8 Å². The first kappa shape index (κ1) is 22.5. The Morgan fingerprint density at radius 3 is 2.50 bits per heavy atom. The summed E-state index contributed by atoms with van der Waals surface area (Å²) in [5.74, 6) is -0.525. The molecule has 2 aromatic carbocycles. The van der Waals surface area contributed by atoms with Crippen LogP contribution in [0.25, 0.3) is 0 Å². The summed E-state index contributed by atoms with van der Waals surface area (Å²) in [5.41, 5.74) is 0.757. The fourth-order valence-corrected chi connectivity index (χ4v) is 4.99. The van der Waals surface area contributed by atoms with Crippen molar-refractivity contribution in [1.82, 2.24) is 10.0 Å². The van der Waals surface area contributed by atoms with Gasteiger partial charge in [0, 0.05) is 6.04 Å². The van der Waals surface area contributed by atoms with Crippen molar-refractivity contribution < 1.29 is 22.3 Å². The van der Waals surface area contributed by atoms with Crippen LogP contribution in [0.15, 0.2) is 47.4 Å². The van der Waals surface area contributed by atoms with Gasteiger partial charge in [0.2, 0.25) is 10.0 Å². The maximum absolute atomic E-state index is 13.0. The van der Waals surface area contributed by atoms with Crippen molar-refractivity contribution in [3.63, 3.8) is 0 Å². The molecule has 1 saturated carbocycles. The molecular formula is C21H24ClFN2O4S. The second-order valence-corrected chi connectivity index (χ2v) is 9.45. The van der Waals surface area contributed by atoms with Crippen LogP contribution in [-0.2, 0) is 14.8 Å². The zero-order valence-corrected chi connectivity index (χ0v) is 18.1. The minimum atomic E-state index is -3.66. The van der Waals surface area contributed by atoms with Crippen LogP contribution in [-0.4, -0.2) is 27.0 Å². The molecule has 0 saturated heterocycles. The van der Waals surface area contributed by atoms with Gasteiger partial charge in [-0.1, -0.05) is 36.6 Å². The standard InChI is InChI=1S/C21H24ClFN2O4S/c1-14(15-6-8-16(23)9-7-15)24-21(26)13-29-20-11-10-18(12-19(20)22)30(27,28)25-17-4-2-3-5-17/h6-12,14,17,25H,2-5,13H2,1H3,(H,24,26). The molecule has 0 spiro atoms. The Kier molecular flexibility index (Phi) is 7.33. The molecule has 0 aliphatic heterocycles. The van der Waals surface area contributed by atoms with Gasteiger partial charge in [-0.05, 0) is 55.7 Å². The molecule has 1 aliphatic rings. The van der Waals surface area contributed by atoms with Gasteiger partial charge in [-0.3, -0.25) is 4.79 Å². The van der Waals surface area contributed by atoms with Crippen LogP contribution in [0, 0.1) is 5.82 Å². The number of carbonyl (C=O) groups is 1. The number of sulfonamides is 1. The third-order valence-corrected chi connectivity index (χ3v) is 6.81. The SMILES string of the molecule is CC(NC(=O)COc1ccc(S(=O)(=O)NC2CCCC2)cc1Cl)c1ccc(F)cc1. The number of ether oxygens (including phenoxy) is 1. The van der Waals surface area contributed by atoms with Gasteiger partial charge in [0.25, 0.3) is 5.91 Å². The topological polar surface area (TPSA) is 84.5 Å². The first-order chi connectivity index (χ1) is 14.2. The average Bonchev–Trinajstić information content (AvgIpc) is 3.19. The Hall–Kier alpha value is -2.16. The van der Waals surface area contributed by atoms with Gasteiger partial charge in [0.15, 0.2) is 6.61 Å². The Bertz CT molecular complexity index is 993. The molecule has 1 unspecified atom stereocenters. The number of halogens is 2. The molecule has 162 valence electrons.